The molecule has 7 rings (SSSR count). The summed E-state index contributed by atoms with van der Waals surface area (Å²) >= 11 is 0. The third-order valence-corrected chi connectivity index (χ3v) is 8.41. The zero-order chi connectivity index (χ0) is 40.9. The third kappa shape index (κ3) is 11.3. The minimum atomic E-state index is -0.848. The molecule has 290 valence electrons. The zero-order valence-corrected chi connectivity index (χ0v) is 33.0. The molecule has 9 nitrogen and oxygen atoms in total. The maximum absolute atomic E-state index is 8.67. The van der Waals surface area contributed by atoms with Crippen LogP contribution in [0.25, 0.3) is 23.1 Å². The fourth-order valence-electron chi connectivity index (χ4n) is 5.72. The monoisotopic (exact) mass is 748 g/mol. The number of ether oxygens (including phenoxy) is 1. The Labute approximate surface area is 332 Å². The summed E-state index contributed by atoms with van der Waals surface area (Å²) in [5.74, 6) is 0.837. The van der Waals surface area contributed by atoms with E-state index in [0.29, 0.717) is 23.5 Å². The van der Waals surface area contributed by atoms with Crippen molar-refractivity contribution in [3.8, 4) is 5.75 Å². The lowest BCUT2D eigenvalue weighted by molar-refractivity contribution is 0.260. The molecule has 3 heterocycles. The molecule has 2 aromatic heterocycles. The Bertz CT molecular complexity index is 2140. The van der Waals surface area contributed by atoms with Gasteiger partial charge in [0.05, 0.1) is 33.8 Å². The van der Waals surface area contributed by atoms with Gasteiger partial charge in [-0.25, -0.2) is 0 Å². The van der Waals surface area contributed by atoms with Crippen LogP contribution < -0.4 is 33.0 Å². The van der Waals surface area contributed by atoms with Crippen molar-refractivity contribution in [1.29, 1.82) is 5.41 Å². The smallest absolute Gasteiger partial charge is 0.196 e. The molecule has 56 heavy (non-hydrogen) atoms. The number of nitrogens with two attached hydrogens (primary N) is 4. The molecule has 5 aromatic rings. The SMILES string of the molecule is C=CC=C.CC.CCN.CN.N=C1/C(=C\C=C\C(N)(C/C=C\c2ccc3cccnc3c2N)c2ccc(C3Nc4ccccc4O3)cc2)C=Cc2cccnc21. The van der Waals surface area contributed by atoms with Gasteiger partial charge in [-0.3, -0.25) is 15.4 Å². The maximum atomic E-state index is 8.67. The third-order valence-electron chi connectivity index (χ3n) is 8.41. The number of anilines is 2. The number of allylic oxidation sites excluding steroid dienone is 6. The fraction of sp³-hybridized carbons (Fsp3) is 0.170. The van der Waals surface area contributed by atoms with E-state index in [9.17, 15) is 0 Å². The molecule has 0 saturated heterocycles. The standard InChI is InChI=1S/C38H32N6O.C4H6.C2H7N.C2H6.CH5N/c39-33-25(13-15-27-9-5-23-42-35(27)33)7-3-21-38(41,22-4-8-26-14-16-28-10-6-24-43-36(28)34(26)40)30-19-17-29(18-20-30)37-44-31-11-1-2-12-32(31)45-37;1-3-4-2;1-2-3;2*1-2/h1-21,23-24,37,39,44H,22,40-41H2;3-4H,1-2H2;2-3H2,1H3;1-2H3;2H2,1H3/b8-4-,21-3+,25-7-,39-33?;;;;. The number of benzene rings is 3. The highest BCUT2D eigenvalue weighted by atomic mass is 16.5. The minimum Gasteiger partial charge on any atom is -0.464 e. The summed E-state index contributed by atoms with van der Waals surface area (Å²) in [5.41, 5.74) is 30.1. The fourth-order valence-corrected chi connectivity index (χ4v) is 5.72. The molecule has 10 N–H and O–H groups in total. The van der Waals surface area contributed by atoms with Crippen molar-refractivity contribution in [1.82, 2.24) is 9.97 Å². The normalized spacial score (nSPS) is 15.2. The van der Waals surface area contributed by atoms with Crippen LogP contribution in [0.3, 0.4) is 0 Å². The second kappa shape index (κ2) is 22.7. The molecular formula is C47H56N8O. The Hall–Kier alpha value is -6.39. The van der Waals surface area contributed by atoms with E-state index in [2.05, 4.69) is 34.2 Å². The number of hydrogen-bond donors (Lipinski definition) is 6. The van der Waals surface area contributed by atoms with Crippen molar-refractivity contribution in [2.75, 3.05) is 24.6 Å². The number of hydrogen-bond acceptors (Lipinski definition) is 9. The van der Waals surface area contributed by atoms with E-state index >= 15 is 0 Å². The molecule has 0 spiro atoms. The van der Waals surface area contributed by atoms with Crippen LogP contribution in [0.5, 0.6) is 5.75 Å². The van der Waals surface area contributed by atoms with Gasteiger partial charge in [-0.1, -0.05) is 149 Å². The number of para-hydroxylation sites is 2. The van der Waals surface area contributed by atoms with Gasteiger partial charge in [-0.2, -0.15) is 0 Å². The molecule has 2 aliphatic rings. The van der Waals surface area contributed by atoms with Crippen LogP contribution in [-0.4, -0.2) is 29.3 Å². The van der Waals surface area contributed by atoms with Crippen LogP contribution >= 0.6 is 0 Å². The summed E-state index contributed by atoms with van der Waals surface area (Å²) in [7, 11) is 1.50. The first-order chi connectivity index (χ1) is 27.3. The predicted octanol–water partition coefficient (Wildman–Crippen LogP) is 9.47. The quantitative estimate of drug-likeness (QED) is 0.0672. The van der Waals surface area contributed by atoms with Gasteiger partial charge in [-0.05, 0) is 55.4 Å². The van der Waals surface area contributed by atoms with Crippen molar-refractivity contribution in [3.63, 3.8) is 0 Å². The number of aromatic nitrogens is 2. The minimum absolute atomic E-state index is 0.270. The molecule has 2 atom stereocenters. The molecule has 3 aromatic carbocycles. The summed E-state index contributed by atoms with van der Waals surface area (Å²) in [5, 5.41) is 13.1. The summed E-state index contributed by atoms with van der Waals surface area (Å²) in [6.45, 7) is 13.4. The predicted molar refractivity (Wildman–Crippen MR) is 239 cm³/mol. The first-order valence-corrected chi connectivity index (χ1v) is 18.7. The van der Waals surface area contributed by atoms with E-state index in [-0.39, 0.29) is 6.23 Å². The Morgan fingerprint density at radius 1 is 0.893 bits per heavy atom. The number of pyridine rings is 2. The summed E-state index contributed by atoms with van der Waals surface area (Å²) < 4.78 is 6.12. The second-order valence-corrected chi connectivity index (χ2v) is 12.1. The Balaban J connectivity index is 0.000000691. The van der Waals surface area contributed by atoms with Gasteiger partial charge in [0.1, 0.15) is 5.75 Å². The van der Waals surface area contributed by atoms with Gasteiger partial charge in [0, 0.05) is 34.5 Å². The van der Waals surface area contributed by atoms with E-state index in [1.807, 2.05) is 148 Å². The molecule has 9 heteroatoms. The molecule has 0 bridgehead atoms. The van der Waals surface area contributed by atoms with E-state index in [1.165, 1.54) is 7.05 Å². The molecule has 2 unspecified atom stereocenters. The average Bonchev–Trinajstić information content (AvgIpc) is 3.69. The maximum Gasteiger partial charge on any atom is 0.196 e. The van der Waals surface area contributed by atoms with E-state index < -0.39 is 5.54 Å². The first kappa shape index (κ1) is 44.0. The van der Waals surface area contributed by atoms with Crippen LogP contribution in [0.4, 0.5) is 11.4 Å². The molecule has 0 radical (unpaired) electrons. The molecule has 0 fully saturated rings. The van der Waals surface area contributed by atoms with Gasteiger partial charge in [-0.15, -0.1) is 0 Å². The van der Waals surface area contributed by atoms with Crippen molar-refractivity contribution in [3.05, 3.63) is 187 Å². The largest absolute Gasteiger partial charge is 0.464 e. The second-order valence-electron chi connectivity index (χ2n) is 12.1. The zero-order valence-electron chi connectivity index (χ0n) is 33.0. The molecular weight excluding hydrogens is 693 g/mol. The van der Waals surface area contributed by atoms with E-state index in [4.69, 9.17) is 27.3 Å². The summed E-state index contributed by atoms with van der Waals surface area (Å²) in [6.07, 6.45) is 20.8. The average molecular weight is 749 g/mol. The van der Waals surface area contributed by atoms with Gasteiger partial charge in [0.15, 0.2) is 6.23 Å². The summed E-state index contributed by atoms with van der Waals surface area (Å²) in [6, 6.07) is 27.9. The lowest BCUT2D eigenvalue weighted by Gasteiger charge is -2.26. The Morgan fingerprint density at radius 2 is 1.57 bits per heavy atom. The van der Waals surface area contributed by atoms with Gasteiger partial charge < -0.3 is 33.0 Å². The van der Waals surface area contributed by atoms with E-state index in [0.717, 1.165) is 56.7 Å². The van der Waals surface area contributed by atoms with Crippen molar-refractivity contribution >= 4 is 40.1 Å². The number of fused-ring (bicyclic) bond motifs is 3. The van der Waals surface area contributed by atoms with Gasteiger partial charge in [0.25, 0.3) is 0 Å². The van der Waals surface area contributed by atoms with Crippen molar-refractivity contribution in [2.45, 2.75) is 39.0 Å². The van der Waals surface area contributed by atoms with Crippen molar-refractivity contribution < 1.29 is 4.74 Å². The molecule has 0 saturated carbocycles. The van der Waals surface area contributed by atoms with Crippen molar-refractivity contribution in [2.24, 2.45) is 17.2 Å². The highest BCUT2D eigenvalue weighted by molar-refractivity contribution is 6.15. The number of nitrogens with one attached hydrogen (secondary N) is 2. The Kier molecular flexibility index (Phi) is 17.9. The van der Waals surface area contributed by atoms with Crippen LogP contribution in [-0.2, 0) is 5.54 Å². The van der Waals surface area contributed by atoms with Gasteiger partial charge >= 0.3 is 0 Å². The number of nitrogen functional groups attached to an aromatic ring is 1. The van der Waals surface area contributed by atoms with Crippen LogP contribution in [0, 0.1) is 5.41 Å². The summed E-state index contributed by atoms with van der Waals surface area (Å²) in [4.78, 5) is 8.86. The highest BCUT2D eigenvalue weighted by Gasteiger charge is 2.26. The number of rotatable bonds is 8. The molecule has 1 aliphatic heterocycles. The molecule has 1 aliphatic carbocycles. The lowest BCUT2D eigenvalue weighted by atomic mass is 9.86. The van der Waals surface area contributed by atoms with Crippen LogP contribution in [0.15, 0.2) is 159 Å². The highest BCUT2D eigenvalue weighted by Crippen LogP contribution is 2.38. The number of nitrogens with zero attached hydrogens (tertiary/aromatic N) is 2. The first-order valence-electron chi connectivity index (χ1n) is 18.7. The van der Waals surface area contributed by atoms with Gasteiger partial charge in [0.2, 0.25) is 0 Å². The lowest BCUT2D eigenvalue weighted by Crippen LogP contribution is -2.34. The van der Waals surface area contributed by atoms with Crippen LogP contribution in [0.2, 0.25) is 0 Å². The molecule has 0 amide bonds. The van der Waals surface area contributed by atoms with E-state index in [1.54, 1.807) is 24.5 Å². The topological polar surface area (TPSA) is 175 Å². The van der Waals surface area contributed by atoms with Crippen LogP contribution in [0.1, 0.15) is 61.4 Å². The Morgan fingerprint density at radius 3 is 2.27 bits per heavy atom.